The number of carbonyl (C=O) groups is 3. The first-order valence-corrected chi connectivity index (χ1v) is 13.8. The van der Waals surface area contributed by atoms with Crippen molar-refractivity contribution < 1.29 is 23.5 Å². The highest BCUT2D eigenvalue weighted by atomic mass is 19.1. The van der Waals surface area contributed by atoms with Gasteiger partial charge < -0.3 is 10.1 Å². The molecular formula is C33H29FN4O4. The number of methoxy groups -OCH3 is 1. The van der Waals surface area contributed by atoms with Crippen LogP contribution < -0.4 is 15.0 Å². The largest absolute Gasteiger partial charge is 0.497 e. The lowest BCUT2D eigenvalue weighted by atomic mass is 9.85. The van der Waals surface area contributed by atoms with Crippen molar-refractivity contribution in [1.29, 1.82) is 0 Å². The lowest BCUT2D eigenvalue weighted by molar-refractivity contribution is -0.123. The number of hydrogen-bond donors (Lipinski definition) is 1. The zero-order valence-corrected chi connectivity index (χ0v) is 23.5. The summed E-state index contributed by atoms with van der Waals surface area (Å²) in [5.74, 6) is -0.932. The van der Waals surface area contributed by atoms with Crippen LogP contribution in [0.5, 0.6) is 5.75 Å². The maximum absolute atomic E-state index is 14.4. The number of halogens is 1. The Labute approximate surface area is 241 Å². The minimum Gasteiger partial charge on any atom is -0.497 e. The molecule has 2 amide bonds. The topological polar surface area (TPSA) is 93.5 Å². The van der Waals surface area contributed by atoms with Crippen LogP contribution in [0.25, 0.3) is 21.8 Å². The Kier molecular flexibility index (Phi) is 6.73. The average Bonchev–Trinajstić information content (AvgIpc) is 3.45. The molecule has 212 valence electrons. The van der Waals surface area contributed by atoms with Crippen LogP contribution in [0.4, 0.5) is 15.8 Å². The molecule has 1 aliphatic heterocycles. The molecule has 0 spiro atoms. The molecule has 0 radical (unpaired) electrons. The van der Waals surface area contributed by atoms with E-state index >= 15 is 0 Å². The third-order valence-corrected chi connectivity index (χ3v) is 7.90. The number of amides is 2. The number of pyridine rings is 1. The number of ether oxygens (including phenoxy) is 1. The van der Waals surface area contributed by atoms with Crippen LogP contribution in [-0.2, 0) is 10.3 Å². The van der Waals surface area contributed by atoms with Crippen molar-refractivity contribution >= 4 is 50.9 Å². The summed E-state index contributed by atoms with van der Waals surface area (Å²) in [6.45, 7) is 3.49. The molecule has 1 unspecified atom stereocenters. The third kappa shape index (κ3) is 4.20. The molecule has 8 nitrogen and oxygen atoms in total. The minimum absolute atomic E-state index is 0.113. The van der Waals surface area contributed by atoms with Crippen LogP contribution in [0.3, 0.4) is 0 Å². The van der Waals surface area contributed by atoms with Crippen molar-refractivity contribution in [2.24, 2.45) is 0 Å². The van der Waals surface area contributed by atoms with E-state index in [1.807, 2.05) is 31.2 Å². The van der Waals surface area contributed by atoms with E-state index in [1.165, 1.54) is 30.2 Å². The van der Waals surface area contributed by atoms with Gasteiger partial charge in [0.2, 0.25) is 5.91 Å². The molecule has 6 rings (SSSR count). The monoisotopic (exact) mass is 564 g/mol. The quantitative estimate of drug-likeness (QED) is 0.244. The molecule has 2 aromatic heterocycles. The van der Waals surface area contributed by atoms with E-state index < -0.39 is 17.3 Å². The summed E-state index contributed by atoms with van der Waals surface area (Å²) in [7, 11) is 1.54. The van der Waals surface area contributed by atoms with E-state index in [4.69, 9.17) is 4.74 Å². The molecule has 0 saturated heterocycles. The number of para-hydroxylation sites is 1. The Bertz CT molecular complexity index is 1880. The normalized spacial score (nSPS) is 16.2. The van der Waals surface area contributed by atoms with Crippen LogP contribution in [0.15, 0.2) is 79.0 Å². The van der Waals surface area contributed by atoms with Crippen LogP contribution in [0.2, 0.25) is 0 Å². The van der Waals surface area contributed by atoms with Crippen LogP contribution in [-0.4, -0.2) is 34.4 Å². The molecule has 0 aliphatic carbocycles. The molecule has 3 aromatic carbocycles. The molecule has 42 heavy (non-hydrogen) atoms. The van der Waals surface area contributed by atoms with Gasteiger partial charge in [0, 0.05) is 28.9 Å². The number of anilines is 2. The van der Waals surface area contributed by atoms with Crippen molar-refractivity contribution in [3.05, 3.63) is 96.1 Å². The Morgan fingerprint density at radius 3 is 2.48 bits per heavy atom. The fourth-order valence-corrected chi connectivity index (χ4v) is 5.90. The van der Waals surface area contributed by atoms with Gasteiger partial charge >= 0.3 is 0 Å². The predicted octanol–water partition coefficient (Wildman–Crippen LogP) is 6.49. The van der Waals surface area contributed by atoms with Gasteiger partial charge in [-0.2, -0.15) is 0 Å². The molecule has 0 fully saturated rings. The number of nitrogens with zero attached hydrogens (tertiary/aromatic N) is 3. The van der Waals surface area contributed by atoms with Crippen molar-refractivity contribution in [3.63, 3.8) is 0 Å². The Balaban J connectivity index is 1.48. The number of unbranched alkanes of at least 4 members (excludes halogenated alkanes) is 1. The highest BCUT2D eigenvalue weighted by Gasteiger charge is 2.52. The first kappa shape index (κ1) is 27.1. The van der Waals surface area contributed by atoms with Crippen molar-refractivity contribution in [1.82, 2.24) is 14.9 Å². The van der Waals surface area contributed by atoms with Crippen molar-refractivity contribution in [3.8, 4) is 5.75 Å². The molecule has 0 bridgehead atoms. The SMILES string of the molecule is CCCCC1(NC(=O)c2cc3c4ccccc4n(C(C)=O)c3cn2)C(=O)N(c2ccc(F)cc2)c2ccc(OC)cc21. The van der Waals surface area contributed by atoms with Crippen LogP contribution in [0, 0.1) is 5.82 Å². The molecule has 9 heteroatoms. The highest BCUT2D eigenvalue weighted by Crippen LogP contribution is 2.48. The summed E-state index contributed by atoms with van der Waals surface area (Å²) < 4.78 is 20.9. The van der Waals surface area contributed by atoms with Crippen molar-refractivity contribution in [2.75, 3.05) is 12.0 Å². The summed E-state index contributed by atoms with van der Waals surface area (Å²) in [4.78, 5) is 46.8. The molecule has 0 saturated carbocycles. The maximum Gasteiger partial charge on any atom is 0.271 e. The number of benzene rings is 3. The van der Waals surface area contributed by atoms with Crippen molar-refractivity contribution in [2.45, 2.75) is 38.6 Å². The number of aromatic nitrogens is 2. The number of nitrogens with one attached hydrogen (secondary N) is 1. The van der Waals surface area contributed by atoms with E-state index in [-0.39, 0.29) is 17.5 Å². The first-order chi connectivity index (χ1) is 20.3. The number of fused-ring (bicyclic) bond motifs is 4. The van der Waals surface area contributed by atoms with Crippen LogP contribution >= 0.6 is 0 Å². The maximum atomic E-state index is 14.4. The zero-order chi connectivity index (χ0) is 29.6. The van der Waals surface area contributed by atoms with Gasteiger partial charge in [-0.3, -0.25) is 23.9 Å². The fraction of sp³-hybridized carbons (Fsp3) is 0.212. The zero-order valence-electron chi connectivity index (χ0n) is 23.5. The van der Waals surface area contributed by atoms with Crippen LogP contribution in [0.1, 0.15) is 54.0 Å². The molecule has 5 aromatic rings. The summed E-state index contributed by atoms with van der Waals surface area (Å²) in [6.07, 6.45) is 3.29. The summed E-state index contributed by atoms with van der Waals surface area (Å²) in [5.41, 5.74) is 1.66. The number of hydrogen-bond acceptors (Lipinski definition) is 5. The van der Waals surface area contributed by atoms with Gasteiger partial charge in [-0.25, -0.2) is 9.37 Å². The Hall–Kier alpha value is -5.05. The summed E-state index contributed by atoms with van der Waals surface area (Å²) in [5, 5.41) is 4.58. The number of carbonyl (C=O) groups excluding carboxylic acids is 3. The molecular weight excluding hydrogens is 535 g/mol. The highest BCUT2D eigenvalue weighted by molar-refractivity contribution is 6.16. The lowest BCUT2D eigenvalue weighted by Gasteiger charge is -2.30. The first-order valence-electron chi connectivity index (χ1n) is 13.8. The van der Waals surface area contributed by atoms with Gasteiger partial charge in [-0.05, 0) is 61.0 Å². The summed E-state index contributed by atoms with van der Waals surface area (Å²) in [6, 6.07) is 20.1. The van der Waals surface area contributed by atoms with E-state index in [0.29, 0.717) is 46.4 Å². The van der Waals surface area contributed by atoms with Gasteiger partial charge in [0.25, 0.3) is 11.8 Å². The van der Waals surface area contributed by atoms with Gasteiger partial charge in [0.05, 0.1) is 30.0 Å². The Morgan fingerprint density at radius 2 is 1.76 bits per heavy atom. The Morgan fingerprint density at radius 1 is 1.00 bits per heavy atom. The second-order valence-electron chi connectivity index (χ2n) is 10.4. The second-order valence-corrected chi connectivity index (χ2v) is 10.4. The minimum atomic E-state index is -1.42. The van der Waals surface area contributed by atoms with E-state index in [0.717, 1.165) is 17.3 Å². The van der Waals surface area contributed by atoms with Gasteiger partial charge in [-0.15, -0.1) is 0 Å². The smallest absolute Gasteiger partial charge is 0.271 e. The molecule has 3 heterocycles. The second kappa shape index (κ2) is 10.4. The third-order valence-electron chi connectivity index (χ3n) is 7.90. The molecule has 1 aliphatic rings. The lowest BCUT2D eigenvalue weighted by Crippen LogP contribution is -2.52. The molecule has 1 N–H and O–H groups in total. The van der Waals surface area contributed by atoms with Gasteiger partial charge in [0.15, 0.2) is 0 Å². The van der Waals surface area contributed by atoms with Gasteiger partial charge in [0.1, 0.15) is 22.8 Å². The average molecular weight is 565 g/mol. The fourth-order valence-electron chi connectivity index (χ4n) is 5.90. The van der Waals surface area contributed by atoms with E-state index in [1.54, 1.807) is 48.1 Å². The number of rotatable bonds is 7. The standard InChI is InChI=1S/C33H29FN4O4/c1-4-5-16-33(26-17-23(42-3)14-15-29(26)38(32(33)41)22-12-10-21(34)11-13-22)36-31(40)27-18-25-24-8-6-7-9-28(24)37(20(2)39)30(25)19-35-27/h6-15,17-19H,4-5,16H2,1-3H3,(H,36,40). The van der Waals surface area contributed by atoms with E-state index in [2.05, 4.69) is 10.3 Å². The summed E-state index contributed by atoms with van der Waals surface area (Å²) >= 11 is 0. The van der Waals surface area contributed by atoms with Gasteiger partial charge in [-0.1, -0.05) is 38.0 Å². The molecule has 1 atom stereocenters. The predicted molar refractivity (Wildman–Crippen MR) is 159 cm³/mol. The van der Waals surface area contributed by atoms with E-state index in [9.17, 15) is 18.8 Å².